The molecule has 3 rings (SSSR count). The van der Waals surface area contributed by atoms with E-state index >= 15 is 0 Å². The summed E-state index contributed by atoms with van der Waals surface area (Å²) >= 11 is 0. The number of nitrogens with zero attached hydrogens (tertiary/aromatic N) is 3. The lowest BCUT2D eigenvalue weighted by Crippen LogP contribution is -2.02. The van der Waals surface area contributed by atoms with Crippen LogP contribution in [0.25, 0.3) is 23.4 Å². The largest absolute Gasteiger partial charge is 0.435 e. The van der Waals surface area contributed by atoms with Gasteiger partial charge in [0.1, 0.15) is 23.3 Å². The lowest BCUT2D eigenvalue weighted by atomic mass is 10.0. The summed E-state index contributed by atoms with van der Waals surface area (Å²) in [5.74, 6) is -0.435. The van der Waals surface area contributed by atoms with Crippen molar-refractivity contribution in [2.75, 3.05) is 0 Å². The maximum absolute atomic E-state index is 13.0. The highest BCUT2D eigenvalue weighted by atomic mass is 19.3. The minimum absolute atomic E-state index is 0.0804. The zero-order valence-electron chi connectivity index (χ0n) is 13.2. The topological polar surface area (TPSA) is 74.6 Å². The highest BCUT2D eigenvalue weighted by molar-refractivity contribution is 5.75. The predicted octanol–water partition coefficient (Wildman–Crippen LogP) is 4.25. The van der Waals surface area contributed by atoms with Crippen molar-refractivity contribution in [1.29, 1.82) is 5.26 Å². The smallest absolute Gasteiger partial charge is 0.387 e. The molecule has 130 valence electrons. The first kappa shape index (κ1) is 17.2. The van der Waals surface area contributed by atoms with Gasteiger partial charge in [0, 0.05) is 5.56 Å². The second-order valence-electron chi connectivity index (χ2n) is 5.20. The molecular formula is C18H11F3N4O. The molecule has 8 heteroatoms. The molecule has 0 saturated carbocycles. The van der Waals surface area contributed by atoms with E-state index in [9.17, 15) is 13.2 Å². The Bertz CT molecular complexity index is 975. The number of ether oxygens (including phenoxy) is 1. The third-order valence-corrected chi connectivity index (χ3v) is 3.43. The van der Waals surface area contributed by atoms with Gasteiger partial charge in [0.05, 0.1) is 0 Å². The van der Waals surface area contributed by atoms with Gasteiger partial charge in [-0.15, -0.1) is 5.10 Å². The van der Waals surface area contributed by atoms with Crippen LogP contribution in [0, 0.1) is 17.1 Å². The number of nitrogens with one attached hydrogen (secondary N) is 1. The molecule has 1 N–H and O–H groups in total. The summed E-state index contributed by atoms with van der Waals surface area (Å²) in [6.45, 7) is -2.99. The maximum atomic E-state index is 13.0. The first-order chi connectivity index (χ1) is 12.5. The number of H-pyrrole nitrogens is 1. The van der Waals surface area contributed by atoms with Crippen molar-refractivity contribution in [3.05, 3.63) is 65.1 Å². The van der Waals surface area contributed by atoms with Crippen LogP contribution in [0.5, 0.6) is 5.75 Å². The van der Waals surface area contributed by atoms with E-state index in [2.05, 4.69) is 20.1 Å². The Balaban J connectivity index is 2.00. The van der Waals surface area contributed by atoms with Crippen LogP contribution in [0.4, 0.5) is 13.2 Å². The number of benzene rings is 2. The number of hydrogen-bond donors (Lipinski definition) is 1. The van der Waals surface area contributed by atoms with E-state index in [0.717, 1.165) is 5.56 Å². The second kappa shape index (κ2) is 7.53. The first-order valence-corrected chi connectivity index (χ1v) is 7.40. The number of rotatable bonds is 5. The van der Waals surface area contributed by atoms with Crippen LogP contribution in [0.2, 0.25) is 0 Å². The Morgan fingerprint density at radius 3 is 2.50 bits per heavy atom. The summed E-state index contributed by atoms with van der Waals surface area (Å²) < 4.78 is 42.6. The molecule has 0 aliphatic carbocycles. The number of hydrogen-bond acceptors (Lipinski definition) is 4. The highest BCUT2D eigenvalue weighted by Gasteiger charge is 2.13. The summed E-state index contributed by atoms with van der Waals surface area (Å²) in [6.07, 6.45) is 3.35. The fraction of sp³-hybridized carbons (Fsp3) is 0.0556. The Morgan fingerprint density at radius 1 is 1.08 bits per heavy atom. The summed E-state index contributed by atoms with van der Waals surface area (Å²) in [6, 6.07) is 12.1. The lowest BCUT2D eigenvalue weighted by molar-refractivity contribution is -0.0498. The number of halogens is 3. The van der Waals surface area contributed by atoms with Gasteiger partial charge < -0.3 is 4.74 Å². The molecule has 1 heterocycles. The van der Waals surface area contributed by atoms with Crippen LogP contribution in [0.3, 0.4) is 0 Å². The molecule has 0 amide bonds. The molecule has 0 fully saturated rings. The summed E-state index contributed by atoms with van der Waals surface area (Å²) in [7, 11) is 0. The average Bonchev–Trinajstić information content (AvgIpc) is 3.09. The van der Waals surface area contributed by atoms with Gasteiger partial charge in [-0.2, -0.15) is 14.0 Å². The third-order valence-electron chi connectivity index (χ3n) is 3.43. The second-order valence-corrected chi connectivity index (χ2v) is 5.20. The van der Waals surface area contributed by atoms with E-state index in [1.54, 1.807) is 30.4 Å². The monoisotopic (exact) mass is 356 g/mol. The molecule has 1 aromatic heterocycles. The van der Waals surface area contributed by atoms with E-state index in [4.69, 9.17) is 5.26 Å². The van der Waals surface area contributed by atoms with Gasteiger partial charge in [0.2, 0.25) is 0 Å². The molecule has 0 aliphatic heterocycles. The van der Waals surface area contributed by atoms with Gasteiger partial charge >= 0.3 is 6.61 Å². The summed E-state index contributed by atoms with van der Waals surface area (Å²) in [5.41, 5.74) is 1.99. The summed E-state index contributed by atoms with van der Waals surface area (Å²) in [5, 5.41) is 18.9. The van der Waals surface area contributed by atoms with Crippen LogP contribution in [-0.4, -0.2) is 22.0 Å². The molecule has 2 aromatic carbocycles. The van der Waals surface area contributed by atoms with Crippen LogP contribution in [0.1, 0.15) is 16.8 Å². The van der Waals surface area contributed by atoms with E-state index < -0.39 is 6.61 Å². The van der Waals surface area contributed by atoms with Gasteiger partial charge in [-0.25, -0.2) is 9.49 Å². The molecular weight excluding hydrogens is 345 g/mol. The fourth-order valence-electron chi connectivity index (χ4n) is 2.30. The van der Waals surface area contributed by atoms with Crippen molar-refractivity contribution < 1.29 is 17.9 Å². The summed E-state index contributed by atoms with van der Waals surface area (Å²) in [4.78, 5) is 0. The van der Waals surface area contributed by atoms with Gasteiger partial charge in [-0.3, -0.25) is 0 Å². The molecule has 0 bridgehead atoms. The zero-order chi connectivity index (χ0) is 18.5. The molecule has 5 nitrogen and oxygen atoms in total. The van der Waals surface area contributed by atoms with Crippen LogP contribution in [0.15, 0.2) is 42.5 Å². The van der Waals surface area contributed by atoms with Crippen molar-refractivity contribution in [2.45, 2.75) is 6.61 Å². The molecule has 0 aliphatic rings. The average molecular weight is 356 g/mol. The van der Waals surface area contributed by atoms with Gasteiger partial charge in [0.15, 0.2) is 5.69 Å². The SMILES string of the molecule is N#Cc1[nH]nnc1-c1cc(/C=C/c2ccc(F)cc2)cc(OC(F)F)c1. The molecule has 0 atom stereocenters. The first-order valence-electron chi connectivity index (χ1n) is 7.40. The Labute approximate surface area is 146 Å². The van der Waals surface area contributed by atoms with Crippen LogP contribution in [-0.2, 0) is 0 Å². The highest BCUT2D eigenvalue weighted by Crippen LogP contribution is 2.28. The molecule has 0 spiro atoms. The van der Waals surface area contributed by atoms with E-state index in [0.29, 0.717) is 11.1 Å². The fourth-order valence-corrected chi connectivity index (χ4v) is 2.30. The molecule has 0 unspecified atom stereocenters. The van der Waals surface area contributed by atoms with Gasteiger partial charge in [-0.05, 0) is 41.5 Å². The van der Waals surface area contributed by atoms with Crippen molar-refractivity contribution in [2.24, 2.45) is 0 Å². The normalized spacial score (nSPS) is 11.0. The Morgan fingerprint density at radius 2 is 1.81 bits per heavy atom. The molecule has 0 radical (unpaired) electrons. The predicted molar refractivity (Wildman–Crippen MR) is 88.5 cm³/mol. The minimum Gasteiger partial charge on any atom is -0.435 e. The number of nitriles is 1. The zero-order valence-corrected chi connectivity index (χ0v) is 13.2. The molecule has 26 heavy (non-hydrogen) atoms. The van der Waals surface area contributed by atoms with Gasteiger partial charge in [0.25, 0.3) is 0 Å². The lowest BCUT2D eigenvalue weighted by Gasteiger charge is -2.08. The minimum atomic E-state index is -2.99. The van der Waals surface area contributed by atoms with Gasteiger partial charge in [-0.1, -0.05) is 29.5 Å². The van der Waals surface area contributed by atoms with Crippen molar-refractivity contribution in [3.63, 3.8) is 0 Å². The van der Waals surface area contributed by atoms with E-state index in [1.807, 2.05) is 6.07 Å². The van der Waals surface area contributed by atoms with Crippen molar-refractivity contribution in [3.8, 4) is 23.1 Å². The molecule has 0 saturated heterocycles. The number of aromatic nitrogens is 3. The number of aromatic amines is 1. The Hall–Kier alpha value is -3.60. The van der Waals surface area contributed by atoms with Crippen molar-refractivity contribution >= 4 is 12.2 Å². The molecule has 3 aromatic rings. The number of alkyl halides is 2. The van der Waals surface area contributed by atoms with E-state index in [1.165, 1.54) is 24.3 Å². The van der Waals surface area contributed by atoms with Crippen molar-refractivity contribution in [1.82, 2.24) is 15.4 Å². The van der Waals surface area contributed by atoms with E-state index in [-0.39, 0.29) is 23.0 Å². The standard InChI is InChI=1S/C18H11F3N4O/c19-14-5-3-11(4-6-14)1-2-12-7-13(9-15(8-12)26-18(20)21)17-16(10-22)23-25-24-17/h1-9,18H,(H,23,24,25)/b2-1+. The maximum Gasteiger partial charge on any atom is 0.387 e. The third kappa shape index (κ3) is 4.08. The quantitative estimate of drug-likeness (QED) is 0.694. The Kier molecular flexibility index (Phi) is 4.99. The van der Waals surface area contributed by atoms with Crippen LogP contribution < -0.4 is 4.74 Å². The van der Waals surface area contributed by atoms with Crippen LogP contribution >= 0.6 is 0 Å².